The van der Waals surface area contributed by atoms with Gasteiger partial charge in [0, 0.05) is 11.3 Å². The Labute approximate surface area is 223 Å². The summed E-state index contributed by atoms with van der Waals surface area (Å²) in [6, 6.07) is 17.6. The van der Waals surface area contributed by atoms with Crippen molar-refractivity contribution in [1.29, 1.82) is 0 Å². The van der Waals surface area contributed by atoms with Crippen LogP contribution in [0.1, 0.15) is 34.0 Å². The zero-order valence-electron chi connectivity index (χ0n) is 20.6. The van der Waals surface area contributed by atoms with E-state index in [1.165, 1.54) is 40.7 Å². The van der Waals surface area contributed by atoms with Gasteiger partial charge in [-0.3, -0.25) is 19.3 Å². The summed E-state index contributed by atoms with van der Waals surface area (Å²) in [5, 5.41) is 7.08. The Hall–Kier alpha value is -4.44. The molecule has 10 heteroatoms. The zero-order chi connectivity index (χ0) is 26.9. The molecular formula is C28H26FN3O5S. The number of anilines is 1. The topological polar surface area (TPSA) is 101 Å². The maximum absolute atomic E-state index is 15.1. The molecule has 196 valence electrons. The smallest absolute Gasteiger partial charge is 0.261 e. The molecule has 0 radical (unpaired) electrons. The van der Waals surface area contributed by atoms with Gasteiger partial charge in [-0.25, -0.2) is 4.39 Å². The third kappa shape index (κ3) is 6.46. The van der Waals surface area contributed by atoms with Gasteiger partial charge >= 0.3 is 0 Å². The van der Waals surface area contributed by atoms with Crippen molar-refractivity contribution >= 4 is 34.7 Å². The first-order valence-corrected chi connectivity index (χ1v) is 12.8. The number of nitrogens with one attached hydrogen (secondary N) is 2. The second-order valence-corrected chi connectivity index (χ2v) is 9.02. The van der Waals surface area contributed by atoms with E-state index in [9.17, 15) is 14.4 Å². The molecule has 2 aromatic heterocycles. The van der Waals surface area contributed by atoms with Crippen LogP contribution < -0.4 is 20.3 Å². The molecule has 0 saturated carbocycles. The second-order valence-electron chi connectivity index (χ2n) is 8.07. The quantitative estimate of drug-likeness (QED) is 0.290. The second kappa shape index (κ2) is 12.7. The molecule has 0 aliphatic heterocycles. The van der Waals surface area contributed by atoms with Crippen molar-refractivity contribution in [2.45, 2.75) is 19.5 Å². The van der Waals surface area contributed by atoms with E-state index >= 15 is 4.39 Å². The minimum atomic E-state index is -1.38. The maximum Gasteiger partial charge on any atom is 0.261 e. The Balaban J connectivity index is 1.69. The van der Waals surface area contributed by atoms with Crippen molar-refractivity contribution in [1.82, 2.24) is 10.6 Å². The van der Waals surface area contributed by atoms with Crippen LogP contribution in [0.2, 0.25) is 0 Å². The third-order valence-electron chi connectivity index (χ3n) is 5.56. The molecular weight excluding hydrogens is 509 g/mol. The molecule has 2 aromatic carbocycles. The molecule has 0 saturated heterocycles. The lowest BCUT2D eigenvalue weighted by Crippen LogP contribution is -2.47. The normalized spacial score (nSPS) is 11.4. The van der Waals surface area contributed by atoms with Gasteiger partial charge in [0.2, 0.25) is 11.8 Å². The van der Waals surface area contributed by atoms with Crippen LogP contribution in [0, 0.1) is 5.82 Å². The molecule has 0 fully saturated rings. The van der Waals surface area contributed by atoms with Gasteiger partial charge in [-0.15, -0.1) is 11.3 Å². The van der Waals surface area contributed by atoms with Gasteiger partial charge < -0.3 is 19.8 Å². The van der Waals surface area contributed by atoms with Crippen LogP contribution in [0.3, 0.4) is 0 Å². The summed E-state index contributed by atoms with van der Waals surface area (Å²) < 4.78 is 25.9. The van der Waals surface area contributed by atoms with Crippen LogP contribution in [0.15, 0.2) is 88.9 Å². The average molecular weight is 536 g/mol. The minimum Gasteiger partial charge on any atom is -0.494 e. The molecule has 2 heterocycles. The van der Waals surface area contributed by atoms with Crippen LogP contribution in [0.25, 0.3) is 0 Å². The number of halogens is 1. The van der Waals surface area contributed by atoms with E-state index in [0.29, 0.717) is 28.7 Å². The Kier molecular flexibility index (Phi) is 8.89. The standard InChI is InChI=1S/C28H26FN3O5S/c1-2-36-20-13-11-19(12-14-20)32(25(33)18-31-27(34)24-10-6-16-38-24)26(22-8-3-4-9-23(22)29)28(35)30-17-21-7-5-15-37-21/h3-16,26H,2,17-18H2,1H3,(H,30,35)(H,31,34)/t26-/m1/s1. The summed E-state index contributed by atoms with van der Waals surface area (Å²) in [7, 11) is 0. The van der Waals surface area contributed by atoms with Crippen molar-refractivity contribution in [2.75, 3.05) is 18.1 Å². The zero-order valence-corrected chi connectivity index (χ0v) is 21.4. The van der Waals surface area contributed by atoms with Crippen molar-refractivity contribution < 1.29 is 27.9 Å². The molecule has 4 aromatic rings. The van der Waals surface area contributed by atoms with Gasteiger partial charge in [-0.2, -0.15) is 0 Å². The van der Waals surface area contributed by atoms with Gasteiger partial charge in [-0.05, 0) is 60.8 Å². The lowest BCUT2D eigenvalue weighted by atomic mass is 10.0. The Morgan fingerprint density at radius 3 is 2.45 bits per heavy atom. The van der Waals surface area contributed by atoms with Crippen LogP contribution in [0.4, 0.5) is 10.1 Å². The predicted molar refractivity (Wildman–Crippen MR) is 141 cm³/mol. The Morgan fingerprint density at radius 1 is 1.00 bits per heavy atom. The first kappa shape index (κ1) is 26.6. The molecule has 0 bridgehead atoms. The minimum absolute atomic E-state index is 0.00346. The maximum atomic E-state index is 15.1. The predicted octanol–water partition coefficient (Wildman–Crippen LogP) is 4.70. The molecule has 38 heavy (non-hydrogen) atoms. The third-order valence-corrected chi connectivity index (χ3v) is 6.43. The molecule has 0 aliphatic rings. The molecule has 3 amide bonds. The van der Waals surface area contributed by atoms with E-state index in [-0.39, 0.29) is 12.1 Å². The molecule has 8 nitrogen and oxygen atoms in total. The van der Waals surface area contributed by atoms with Crippen molar-refractivity contribution in [3.8, 4) is 5.75 Å². The lowest BCUT2D eigenvalue weighted by Gasteiger charge is -2.32. The number of thiophene rings is 1. The van der Waals surface area contributed by atoms with Crippen LogP contribution in [-0.2, 0) is 16.1 Å². The monoisotopic (exact) mass is 535 g/mol. The molecule has 4 rings (SSSR count). The highest BCUT2D eigenvalue weighted by molar-refractivity contribution is 7.12. The number of amides is 3. The highest BCUT2D eigenvalue weighted by Crippen LogP contribution is 2.31. The summed E-state index contributed by atoms with van der Waals surface area (Å²) in [6.07, 6.45) is 1.47. The van der Waals surface area contributed by atoms with Gasteiger partial charge in [-0.1, -0.05) is 24.3 Å². The van der Waals surface area contributed by atoms with Gasteiger partial charge in [0.05, 0.1) is 30.8 Å². The van der Waals surface area contributed by atoms with Crippen LogP contribution in [-0.4, -0.2) is 30.9 Å². The number of hydrogen-bond donors (Lipinski definition) is 2. The highest BCUT2D eigenvalue weighted by Gasteiger charge is 2.34. The number of nitrogens with zero attached hydrogens (tertiary/aromatic N) is 1. The fraction of sp³-hybridized carbons (Fsp3) is 0.179. The van der Waals surface area contributed by atoms with Crippen LogP contribution >= 0.6 is 11.3 Å². The van der Waals surface area contributed by atoms with E-state index in [0.717, 1.165) is 0 Å². The summed E-state index contributed by atoms with van der Waals surface area (Å²) in [5.41, 5.74) is 0.321. The first-order valence-electron chi connectivity index (χ1n) is 11.9. The Bertz CT molecular complexity index is 1360. The number of ether oxygens (including phenoxy) is 1. The average Bonchev–Trinajstić information content (AvgIpc) is 3.65. The van der Waals surface area contributed by atoms with Crippen molar-refractivity contribution in [3.63, 3.8) is 0 Å². The SMILES string of the molecule is CCOc1ccc(N(C(=O)CNC(=O)c2cccs2)[C@@H](C(=O)NCc2ccco2)c2ccccc2F)cc1. The van der Waals surface area contributed by atoms with Crippen molar-refractivity contribution in [2.24, 2.45) is 0 Å². The number of benzene rings is 2. The largest absolute Gasteiger partial charge is 0.494 e. The summed E-state index contributed by atoms with van der Waals surface area (Å²) in [4.78, 5) is 41.4. The number of hydrogen-bond acceptors (Lipinski definition) is 6. The van der Waals surface area contributed by atoms with Gasteiger partial charge in [0.15, 0.2) is 0 Å². The van der Waals surface area contributed by atoms with E-state index in [1.807, 2.05) is 6.92 Å². The first-order chi connectivity index (χ1) is 18.5. The summed E-state index contributed by atoms with van der Waals surface area (Å²) in [5.74, 6) is -1.26. The van der Waals surface area contributed by atoms with Crippen molar-refractivity contribution in [3.05, 3.63) is 106 Å². The van der Waals surface area contributed by atoms with E-state index in [4.69, 9.17) is 9.15 Å². The molecule has 2 N–H and O–H groups in total. The number of carbonyl (C=O) groups excluding carboxylic acids is 3. The number of rotatable bonds is 11. The molecule has 0 spiro atoms. The van der Waals surface area contributed by atoms with E-state index in [2.05, 4.69) is 10.6 Å². The molecule has 1 atom stereocenters. The highest BCUT2D eigenvalue weighted by atomic mass is 32.1. The fourth-order valence-electron chi connectivity index (χ4n) is 3.82. The van der Waals surface area contributed by atoms with Gasteiger partial charge in [0.1, 0.15) is 23.4 Å². The van der Waals surface area contributed by atoms with Gasteiger partial charge in [0.25, 0.3) is 5.91 Å². The van der Waals surface area contributed by atoms with E-state index < -0.39 is 36.1 Å². The van der Waals surface area contributed by atoms with E-state index in [1.54, 1.807) is 60.0 Å². The Morgan fingerprint density at radius 2 is 1.79 bits per heavy atom. The van der Waals surface area contributed by atoms with Crippen LogP contribution in [0.5, 0.6) is 5.75 Å². The fourth-order valence-corrected chi connectivity index (χ4v) is 4.46. The molecule has 0 unspecified atom stereocenters. The lowest BCUT2D eigenvalue weighted by molar-refractivity contribution is -0.126. The number of furan rings is 1. The number of carbonyl (C=O) groups is 3. The molecule has 0 aliphatic carbocycles. The summed E-state index contributed by atoms with van der Waals surface area (Å²) >= 11 is 1.24. The summed E-state index contributed by atoms with van der Waals surface area (Å²) in [6.45, 7) is 1.92.